The molecule has 0 heterocycles. The molecular formula is C22H32N2O4. The summed E-state index contributed by atoms with van der Waals surface area (Å²) in [5.41, 5.74) is 2.04. The van der Waals surface area contributed by atoms with Gasteiger partial charge in [0, 0.05) is 12.1 Å². The molecule has 28 heavy (non-hydrogen) atoms. The molecule has 0 amide bonds. The monoisotopic (exact) mass is 388 g/mol. The number of methoxy groups -OCH3 is 2. The number of hydrogen-bond donors (Lipinski definition) is 2. The highest BCUT2D eigenvalue weighted by molar-refractivity contribution is 6.09. The van der Waals surface area contributed by atoms with Gasteiger partial charge in [0.05, 0.1) is 36.7 Å². The Kier molecular flexibility index (Phi) is 7.18. The van der Waals surface area contributed by atoms with Crippen LogP contribution in [0, 0.1) is 0 Å². The largest absolute Gasteiger partial charge is 0.465 e. The van der Waals surface area contributed by atoms with Crippen molar-refractivity contribution >= 4 is 23.3 Å². The zero-order valence-electron chi connectivity index (χ0n) is 17.0. The Bertz CT molecular complexity index is 692. The van der Waals surface area contributed by atoms with Gasteiger partial charge in [-0.15, -0.1) is 0 Å². The second-order valence-electron chi connectivity index (χ2n) is 7.85. The Labute approximate surface area is 167 Å². The SMILES string of the molecule is COC(=O)c1ccc(NC2CCCCC2)c(NC2CCCCC2)c1C(=O)OC. The number of ether oxygens (including phenoxy) is 2. The molecule has 2 aliphatic rings. The molecule has 2 saturated carbocycles. The molecule has 6 heteroatoms. The van der Waals surface area contributed by atoms with E-state index in [2.05, 4.69) is 10.6 Å². The molecular weight excluding hydrogens is 356 g/mol. The second kappa shape index (κ2) is 9.80. The number of carbonyl (C=O) groups is 2. The van der Waals surface area contributed by atoms with E-state index in [0.717, 1.165) is 31.4 Å². The van der Waals surface area contributed by atoms with Crippen LogP contribution in [0.1, 0.15) is 84.9 Å². The molecule has 0 saturated heterocycles. The van der Waals surface area contributed by atoms with E-state index in [1.165, 1.54) is 52.7 Å². The highest BCUT2D eigenvalue weighted by Gasteiger charge is 2.28. The molecule has 3 rings (SSSR count). The standard InChI is InChI=1S/C22H32N2O4/c1-27-21(25)17-13-14-18(23-15-9-5-3-6-10-15)20(19(17)22(26)28-2)24-16-11-7-4-8-12-16/h13-16,23-24H,3-12H2,1-2H3. The summed E-state index contributed by atoms with van der Waals surface area (Å²) in [5, 5.41) is 7.19. The predicted molar refractivity (Wildman–Crippen MR) is 110 cm³/mol. The first kappa shape index (κ1) is 20.5. The van der Waals surface area contributed by atoms with E-state index < -0.39 is 11.9 Å². The summed E-state index contributed by atoms with van der Waals surface area (Å²) < 4.78 is 9.94. The van der Waals surface area contributed by atoms with E-state index in [1.807, 2.05) is 6.07 Å². The molecule has 6 nitrogen and oxygen atoms in total. The maximum atomic E-state index is 12.7. The van der Waals surface area contributed by atoms with Crippen LogP contribution < -0.4 is 10.6 Å². The van der Waals surface area contributed by atoms with Crippen molar-refractivity contribution in [2.45, 2.75) is 76.3 Å². The van der Waals surface area contributed by atoms with Gasteiger partial charge in [-0.25, -0.2) is 9.59 Å². The van der Waals surface area contributed by atoms with Crippen LogP contribution in [0.5, 0.6) is 0 Å². The van der Waals surface area contributed by atoms with Crippen molar-refractivity contribution in [3.63, 3.8) is 0 Å². The lowest BCUT2D eigenvalue weighted by Gasteiger charge is -2.30. The molecule has 1 aromatic rings. The van der Waals surface area contributed by atoms with Gasteiger partial charge in [0.15, 0.2) is 0 Å². The van der Waals surface area contributed by atoms with Gasteiger partial charge in [-0.2, -0.15) is 0 Å². The minimum Gasteiger partial charge on any atom is -0.465 e. The third-order valence-corrected chi connectivity index (χ3v) is 5.92. The van der Waals surface area contributed by atoms with Gasteiger partial charge < -0.3 is 20.1 Å². The molecule has 0 atom stereocenters. The molecule has 154 valence electrons. The molecule has 2 fully saturated rings. The van der Waals surface area contributed by atoms with Crippen molar-refractivity contribution in [2.24, 2.45) is 0 Å². The van der Waals surface area contributed by atoms with Crippen LogP contribution in [0.3, 0.4) is 0 Å². The first-order valence-corrected chi connectivity index (χ1v) is 10.5. The average molecular weight is 389 g/mol. The van der Waals surface area contributed by atoms with Crippen LogP contribution in [0.4, 0.5) is 11.4 Å². The van der Waals surface area contributed by atoms with Crippen molar-refractivity contribution in [3.8, 4) is 0 Å². The normalized spacial score (nSPS) is 18.4. The molecule has 0 bridgehead atoms. The Balaban J connectivity index is 2.00. The van der Waals surface area contributed by atoms with Gasteiger partial charge in [-0.1, -0.05) is 38.5 Å². The average Bonchev–Trinajstić information content (AvgIpc) is 2.75. The van der Waals surface area contributed by atoms with Crippen molar-refractivity contribution in [3.05, 3.63) is 23.3 Å². The zero-order chi connectivity index (χ0) is 19.9. The van der Waals surface area contributed by atoms with Crippen LogP contribution >= 0.6 is 0 Å². The van der Waals surface area contributed by atoms with Gasteiger partial charge in [-0.05, 0) is 37.8 Å². The Morgan fingerprint density at radius 1 is 0.786 bits per heavy atom. The van der Waals surface area contributed by atoms with Gasteiger partial charge in [0.25, 0.3) is 0 Å². The van der Waals surface area contributed by atoms with Crippen LogP contribution in [0.15, 0.2) is 12.1 Å². The summed E-state index contributed by atoms with van der Waals surface area (Å²) in [7, 11) is 2.67. The van der Waals surface area contributed by atoms with E-state index in [1.54, 1.807) is 6.07 Å². The fourth-order valence-electron chi connectivity index (χ4n) is 4.38. The summed E-state index contributed by atoms with van der Waals surface area (Å²) in [6, 6.07) is 4.22. The lowest BCUT2D eigenvalue weighted by molar-refractivity contribution is 0.0556. The third kappa shape index (κ3) is 4.78. The fourth-order valence-corrected chi connectivity index (χ4v) is 4.38. The van der Waals surface area contributed by atoms with Crippen LogP contribution in [0.25, 0.3) is 0 Å². The van der Waals surface area contributed by atoms with Crippen LogP contribution in [-0.2, 0) is 9.47 Å². The number of carbonyl (C=O) groups excluding carboxylic acids is 2. The van der Waals surface area contributed by atoms with E-state index in [9.17, 15) is 9.59 Å². The van der Waals surface area contributed by atoms with E-state index in [4.69, 9.17) is 9.47 Å². The van der Waals surface area contributed by atoms with Crippen molar-refractivity contribution in [1.29, 1.82) is 0 Å². The quantitative estimate of drug-likeness (QED) is 0.685. The van der Waals surface area contributed by atoms with Crippen LogP contribution in [0.2, 0.25) is 0 Å². The lowest BCUT2D eigenvalue weighted by atomic mass is 9.93. The first-order valence-electron chi connectivity index (χ1n) is 10.5. The first-order chi connectivity index (χ1) is 13.6. The minimum atomic E-state index is -0.531. The summed E-state index contributed by atoms with van der Waals surface area (Å²) in [4.78, 5) is 25.0. The fraction of sp³-hybridized carbons (Fsp3) is 0.636. The number of nitrogens with one attached hydrogen (secondary N) is 2. The van der Waals surface area contributed by atoms with E-state index in [0.29, 0.717) is 11.7 Å². The molecule has 0 radical (unpaired) electrons. The Morgan fingerprint density at radius 2 is 1.32 bits per heavy atom. The molecule has 0 aliphatic heterocycles. The summed E-state index contributed by atoms with van der Waals surface area (Å²) in [5.74, 6) is -1.05. The van der Waals surface area contributed by atoms with E-state index >= 15 is 0 Å². The van der Waals surface area contributed by atoms with Gasteiger partial charge in [-0.3, -0.25) is 0 Å². The van der Waals surface area contributed by atoms with Gasteiger partial charge in [0.1, 0.15) is 0 Å². The third-order valence-electron chi connectivity index (χ3n) is 5.92. The van der Waals surface area contributed by atoms with Crippen molar-refractivity contribution in [1.82, 2.24) is 0 Å². The summed E-state index contributed by atoms with van der Waals surface area (Å²) in [6.45, 7) is 0. The predicted octanol–water partition coefficient (Wildman–Crippen LogP) is 4.75. The highest BCUT2D eigenvalue weighted by atomic mass is 16.5. The Hall–Kier alpha value is -2.24. The smallest absolute Gasteiger partial charge is 0.340 e. The van der Waals surface area contributed by atoms with E-state index in [-0.39, 0.29) is 17.2 Å². The maximum Gasteiger partial charge on any atom is 0.340 e. The molecule has 1 aromatic carbocycles. The molecule has 2 N–H and O–H groups in total. The molecule has 0 unspecified atom stereocenters. The zero-order valence-corrected chi connectivity index (χ0v) is 17.0. The minimum absolute atomic E-state index is 0.238. The van der Waals surface area contributed by atoms with Crippen LogP contribution in [-0.4, -0.2) is 38.2 Å². The van der Waals surface area contributed by atoms with Crippen molar-refractivity contribution in [2.75, 3.05) is 24.9 Å². The number of hydrogen-bond acceptors (Lipinski definition) is 6. The number of rotatable bonds is 6. The number of esters is 2. The number of benzene rings is 1. The maximum absolute atomic E-state index is 12.7. The highest BCUT2D eigenvalue weighted by Crippen LogP contribution is 2.35. The second-order valence-corrected chi connectivity index (χ2v) is 7.85. The number of anilines is 2. The van der Waals surface area contributed by atoms with Crippen molar-refractivity contribution < 1.29 is 19.1 Å². The summed E-state index contributed by atoms with van der Waals surface area (Å²) in [6.07, 6.45) is 11.7. The molecule has 2 aliphatic carbocycles. The molecule has 0 spiro atoms. The molecule has 0 aromatic heterocycles. The van der Waals surface area contributed by atoms with Gasteiger partial charge >= 0.3 is 11.9 Å². The lowest BCUT2D eigenvalue weighted by Crippen LogP contribution is -2.28. The summed E-state index contributed by atoms with van der Waals surface area (Å²) >= 11 is 0. The topological polar surface area (TPSA) is 76.7 Å². The van der Waals surface area contributed by atoms with Gasteiger partial charge in [0.2, 0.25) is 0 Å². The Morgan fingerprint density at radius 3 is 1.86 bits per heavy atom.